The fourth-order valence-corrected chi connectivity index (χ4v) is 2.07. The van der Waals surface area contributed by atoms with Crippen LogP contribution in [0.15, 0.2) is 36.4 Å². The van der Waals surface area contributed by atoms with Crippen LogP contribution < -0.4 is 10.1 Å². The van der Waals surface area contributed by atoms with Gasteiger partial charge in [0.15, 0.2) is 0 Å². The zero-order valence-corrected chi connectivity index (χ0v) is 10.5. The number of carbonyl (C=O) groups is 2. The van der Waals surface area contributed by atoms with Crippen molar-refractivity contribution in [2.45, 2.75) is 12.5 Å². The molecule has 1 aliphatic carbocycles. The summed E-state index contributed by atoms with van der Waals surface area (Å²) in [5.41, 5.74) is 0.442. The van der Waals surface area contributed by atoms with Crippen molar-refractivity contribution in [2.24, 2.45) is 5.92 Å². The van der Waals surface area contributed by atoms with E-state index in [9.17, 15) is 9.59 Å². The Kier molecular flexibility index (Phi) is 3.85. The Balaban J connectivity index is 2.03. The lowest BCUT2D eigenvalue weighted by Gasteiger charge is -2.13. The van der Waals surface area contributed by atoms with Gasteiger partial charge in [-0.2, -0.15) is 0 Å². The Labute approximate surface area is 110 Å². The Bertz CT molecular complexity index is 524. The Hall–Kier alpha value is -2.30. The third kappa shape index (κ3) is 2.93. The molecule has 0 heterocycles. The van der Waals surface area contributed by atoms with E-state index < -0.39 is 11.9 Å². The topological polar surface area (TPSA) is 75.6 Å². The van der Waals surface area contributed by atoms with E-state index in [1.807, 2.05) is 0 Å². The van der Waals surface area contributed by atoms with Gasteiger partial charge in [-0.3, -0.25) is 9.59 Å². The molecule has 1 aromatic rings. The fraction of sp³-hybridized carbons (Fsp3) is 0.286. The lowest BCUT2D eigenvalue weighted by Crippen LogP contribution is -2.33. The maximum atomic E-state index is 12.1. The first-order valence-electron chi connectivity index (χ1n) is 5.97. The normalized spacial score (nSPS) is 21.1. The minimum Gasteiger partial charge on any atom is -0.496 e. The number of carboxylic acid groups (broad SMARTS) is 1. The molecule has 5 nitrogen and oxygen atoms in total. The number of rotatable bonds is 4. The van der Waals surface area contributed by atoms with Gasteiger partial charge in [0.1, 0.15) is 5.75 Å². The Morgan fingerprint density at radius 2 is 2.05 bits per heavy atom. The van der Waals surface area contributed by atoms with E-state index in [-0.39, 0.29) is 11.9 Å². The number of amides is 1. The van der Waals surface area contributed by atoms with Crippen LogP contribution in [0.25, 0.3) is 0 Å². The maximum absolute atomic E-state index is 12.1. The predicted molar refractivity (Wildman–Crippen MR) is 69.1 cm³/mol. The van der Waals surface area contributed by atoms with Crippen LogP contribution >= 0.6 is 0 Å². The van der Waals surface area contributed by atoms with Gasteiger partial charge in [-0.1, -0.05) is 24.3 Å². The average Bonchev–Trinajstić information content (AvgIpc) is 2.87. The second kappa shape index (κ2) is 5.56. The van der Waals surface area contributed by atoms with Crippen molar-refractivity contribution >= 4 is 11.9 Å². The van der Waals surface area contributed by atoms with E-state index in [1.165, 1.54) is 7.11 Å². The van der Waals surface area contributed by atoms with E-state index in [2.05, 4.69) is 5.32 Å². The zero-order chi connectivity index (χ0) is 13.8. The van der Waals surface area contributed by atoms with Crippen LogP contribution in [0.4, 0.5) is 0 Å². The van der Waals surface area contributed by atoms with Gasteiger partial charge in [0.2, 0.25) is 0 Å². The summed E-state index contributed by atoms with van der Waals surface area (Å²) in [7, 11) is 1.50. The van der Waals surface area contributed by atoms with Crippen molar-refractivity contribution in [1.82, 2.24) is 5.32 Å². The smallest absolute Gasteiger partial charge is 0.310 e. The number of benzene rings is 1. The van der Waals surface area contributed by atoms with E-state index in [0.717, 1.165) is 0 Å². The van der Waals surface area contributed by atoms with E-state index in [4.69, 9.17) is 9.84 Å². The molecule has 1 aliphatic rings. The highest BCUT2D eigenvalue weighted by molar-refractivity contribution is 5.97. The summed E-state index contributed by atoms with van der Waals surface area (Å²) in [4.78, 5) is 22.9. The zero-order valence-electron chi connectivity index (χ0n) is 10.5. The van der Waals surface area contributed by atoms with Gasteiger partial charge < -0.3 is 15.2 Å². The van der Waals surface area contributed by atoms with E-state index in [0.29, 0.717) is 17.7 Å². The Morgan fingerprint density at radius 1 is 1.32 bits per heavy atom. The molecule has 0 bridgehead atoms. The summed E-state index contributed by atoms with van der Waals surface area (Å²) >= 11 is 0. The van der Waals surface area contributed by atoms with Crippen molar-refractivity contribution < 1.29 is 19.4 Å². The molecule has 2 rings (SSSR count). The van der Waals surface area contributed by atoms with Crippen LogP contribution in [0.3, 0.4) is 0 Å². The molecular formula is C14H15NO4. The second-order valence-corrected chi connectivity index (χ2v) is 4.35. The third-order valence-electron chi connectivity index (χ3n) is 3.07. The Morgan fingerprint density at radius 3 is 2.68 bits per heavy atom. The number of hydrogen-bond acceptors (Lipinski definition) is 3. The molecule has 100 valence electrons. The van der Waals surface area contributed by atoms with Crippen molar-refractivity contribution in [3.05, 3.63) is 42.0 Å². The summed E-state index contributed by atoms with van der Waals surface area (Å²) in [6, 6.07) is 6.66. The number of methoxy groups -OCH3 is 1. The molecule has 0 saturated heterocycles. The molecule has 0 aromatic heterocycles. The molecule has 0 radical (unpaired) electrons. The van der Waals surface area contributed by atoms with Gasteiger partial charge in [-0.25, -0.2) is 0 Å². The lowest BCUT2D eigenvalue weighted by atomic mass is 10.1. The molecule has 1 aromatic carbocycles. The molecule has 0 spiro atoms. The van der Waals surface area contributed by atoms with Gasteiger partial charge in [0, 0.05) is 6.04 Å². The molecule has 2 atom stereocenters. The molecule has 5 heteroatoms. The summed E-state index contributed by atoms with van der Waals surface area (Å²) in [5.74, 6) is -1.16. The fourth-order valence-electron chi connectivity index (χ4n) is 2.07. The van der Waals surface area contributed by atoms with Crippen LogP contribution in [-0.4, -0.2) is 30.1 Å². The van der Waals surface area contributed by atoms with Crippen LogP contribution in [-0.2, 0) is 4.79 Å². The summed E-state index contributed by atoms with van der Waals surface area (Å²) in [6.07, 6.45) is 3.71. The number of ether oxygens (including phenoxy) is 1. The molecule has 0 aliphatic heterocycles. The molecule has 19 heavy (non-hydrogen) atoms. The van der Waals surface area contributed by atoms with Crippen molar-refractivity contribution in [3.8, 4) is 5.75 Å². The summed E-state index contributed by atoms with van der Waals surface area (Å²) < 4.78 is 5.12. The number of aliphatic carboxylic acids is 1. The molecule has 2 N–H and O–H groups in total. The van der Waals surface area contributed by atoms with Gasteiger partial charge in [-0.15, -0.1) is 0 Å². The quantitative estimate of drug-likeness (QED) is 0.804. The highest BCUT2D eigenvalue weighted by atomic mass is 16.5. The maximum Gasteiger partial charge on any atom is 0.310 e. The SMILES string of the molecule is COc1ccccc1C(=O)NC1C=CC(C(=O)O)C1. The van der Waals surface area contributed by atoms with Crippen molar-refractivity contribution in [3.63, 3.8) is 0 Å². The monoisotopic (exact) mass is 261 g/mol. The van der Waals surface area contributed by atoms with Gasteiger partial charge in [0.05, 0.1) is 18.6 Å². The number of carboxylic acids is 1. The minimum absolute atomic E-state index is 0.251. The standard InChI is InChI=1S/C14H15NO4/c1-19-12-5-3-2-4-11(12)13(16)15-10-7-6-9(8-10)14(17)18/h2-7,9-10H,8H2,1H3,(H,15,16)(H,17,18). The van der Waals surface area contributed by atoms with Crippen molar-refractivity contribution in [1.29, 1.82) is 0 Å². The van der Waals surface area contributed by atoms with Gasteiger partial charge >= 0.3 is 5.97 Å². The van der Waals surface area contributed by atoms with Crippen molar-refractivity contribution in [2.75, 3.05) is 7.11 Å². The average molecular weight is 261 g/mol. The summed E-state index contributed by atoms with van der Waals surface area (Å²) in [6.45, 7) is 0. The summed E-state index contributed by atoms with van der Waals surface area (Å²) in [5, 5.41) is 11.7. The molecule has 0 fully saturated rings. The number of carbonyl (C=O) groups excluding carboxylic acids is 1. The van der Waals surface area contributed by atoms with Crippen LogP contribution in [0.1, 0.15) is 16.8 Å². The first kappa shape index (κ1) is 13.1. The molecule has 2 unspecified atom stereocenters. The second-order valence-electron chi connectivity index (χ2n) is 4.35. The lowest BCUT2D eigenvalue weighted by molar-refractivity contribution is -0.140. The molecular weight excluding hydrogens is 246 g/mol. The van der Waals surface area contributed by atoms with Crippen LogP contribution in [0.2, 0.25) is 0 Å². The van der Waals surface area contributed by atoms with Crippen LogP contribution in [0.5, 0.6) is 5.75 Å². The molecule has 0 saturated carbocycles. The van der Waals surface area contributed by atoms with Crippen LogP contribution in [0, 0.1) is 5.92 Å². The van der Waals surface area contributed by atoms with E-state index in [1.54, 1.807) is 36.4 Å². The van der Waals surface area contributed by atoms with Gasteiger partial charge in [0.25, 0.3) is 5.91 Å². The number of hydrogen-bond donors (Lipinski definition) is 2. The highest BCUT2D eigenvalue weighted by Gasteiger charge is 2.26. The number of nitrogens with one attached hydrogen (secondary N) is 1. The first-order chi connectivity index (χ1) is 9.11. The first-order valence-corrected chi connectivity index (χ1v) is 5.97. The minimum atomic E-state index is -0.870. The molecule has 1 amide bonds. The highest BCUT2D eigenvalue weighted by Crippen LogP contribution is 2.21. The largest absolute Gasteiger partial charge is 0.496 e. The van der Waals surface area contributed by atoms with Gasteiger partial charge in [-0.05, 0) is 18.6 Å². The predicted octanol–water partition coefficient (Wildman–Crippen LogP) is 1.45. The van der Waals surface area contributed by atoms with E-state index >= 15 is 0 Å². The third-order valence-corrected chi connectivity index (χ3v) is 3.07. The number of para-hydroxylation sites is 1.